The van der Waals surface area contributed by atoms with Gasteiger partial charge in [0.25, 0.3) is 0 Å². The van der Waals surface area contributed by atoms with Crippen molar-refractivity contribution in [3.63, 3.8) is 0 Å². The number of primary amides is 1. The zero-order valence-electron chi connectivity index (χ0n) is 9.72. The number of carbonyl (C=O) groups is 1. The number of benzene rings is 2. The van der Waals surface area contributed by atoms with Crippen LogP contribution in [-0.4, -0.2) is 11.0 Å². The summed E-state index contributed by atoms with van der Waals surface area (Å²) in [7, 11) is 0. The van der Waals surface area contributed by atoms with Gasteiger partial charge in [-0.05, 0) is 35.4 Å². The Kier molecular flexibility index (Phi) is 3.41. The smallest absolute Gasteiger partial charge is 0.250 e. The van der Waals surface area contributed by atoms with Crippen LogP contribution < -0.4 is 5.73 Å². The van der Waals surface area contributed by atoms with Gasteiger partial charge in [0.1, 0.15) is 11.8 Å². The van der Waals surface area contributed by atoms with E-state index in [2.05, 4.69) is 0 Å². The third kappa shape index (κ3) is 2.51. The van der Waals surface area contributed by atoms with Crippen LogP contribution in [0.5, 0.6) is 5.75 Å². The SMILES string of the molecule is N#Cc1cc(-c2ccc(Cl)c(C(N)=O)c2)ccc1O. The topological polar surface area (TPSA) is 87.1 Å². The summed E-state index contributed by atoms with van der Waals surface area (Å²) in [5.74, 6) is -0.707. The van der Waals surface area contributed by atoms with Gasteiger partial charge in [-0.1, -0.05) is 23.7 Å². The maximum Gasteiger partial charge on any atom is 0.250 e. The van der Waals surface area contributed by atoms with E-state index in [0.29, 0.717) is 11.1 Å². The second-order valence-corrected chi connectivity index (χ2v) is 4.31. The lowest BCUT2D eigenvalue weighted by atomic mass is 10.0. The third-order valence-corrected chi connectivity index (χ3v) is 3.01. The van der Waals surface area contributed by atoms with E-state index >= 15 is 0 Å². The second kappa shape index (κ2) is 5.01. The summed E-state index contributed by atoms with van der Waals surface area (Å²) < 4.78 is 0. The van der Waals surface area contributed by atoms with Crippen LogP contribution in [0.1, 0.15) is 15.9 Å². The van der Waals surface area contributed by atoms with Crippen molar-refractivity contribution in [2.45, 2.75) is 0 Å². The maximum atomic E-state index is 11.2. The molecule has 0 saturated heterocycles. The number of amides is 1. The van der Waals surface area contributed by atoms with Gasteiger partial charge in [-0.2, -0.15) is 5.26 Å². The number of hydrogen-bond acceptors (Lipinski definition) is 3. The molecular formula is C14H9ClN2O2. The summed E-state index contributed by atoms with van der Waals surface area (Å²) in [5, 5.41) is 18.6. The van der Waals surface area contributed by atoms with Crippen LogP contribution in [0.3, 0.4) is 0 Å². The van der Waals surface area contributed by atoms with E-state index in [1.54, 1.807) is 24.3 Å². The Balaban J connectivity index is 2.57. The summed E-state index contributed by atoms with van der Waals surface area (Å²) in [5.41, 5.74) is 6.98. The Morgan fingerprint density at radius 1 is 1.21 bits per heavy atom. The van der Waals surface area contributed by atoms with Gasteiger partial charge in [0.05, 0.1) is 16.1 Å². The number of hydrogen-bond donors (Lipinski definition) is 2. The molecule has 0 fully saturated rings. The molecule has 94 valence electrons. The molecule has 5 heteroatoms. The molecule has 2 rings (SSSR count). The van der Waals surface area contributed by atoms with Gasteiger partial charge in [-0.15, -0.1) is 0 Å². The van der Waals surface area contributed by atoms with E-state index in [0.717, 1.165) is 0 Å². The molecular weight excluding hydrogens is 264 g/mol. The molecule has 0 aromatic heterocycles. The second-order valence-electron chi connectivity index (χ2n) is 3.90. The Morgan fingerprint density at radius 2 is 1.84 bits per heavy atom. The van der Waals surface area contributed by atoms with Gasteiger partial charge in [0, 0.05) is 0 Å². The van der Waals surface area contributed by atoms with Crippen molar-refractivity contribution in [3.8, 4) is 22.9 Å². The number of nitrogens with zero attached hydrogens (tertiary/aromatic N) is 1. The standard InChI is InChI=1S/C14H9ClN2O2/c15-12-3-1-9(6-11(12)14(17)19)8-2-4-13(18)10(5-8)7-16/h1-6,18H,(H2,17,19). The van der Waals surface area contributed by atoms with Crippen LogP contribution in [0.25, 0.3) is 11.1 Å². The molecule has 0 atom stereocenters. The number of halogens is 1. The fraction of sp³-hybridized carbons (Fsp3) is 0. The van der Waals surface area contributed by atoms with Crippen molar-refractivity contribution in [3.05, 3.63) is 52.5 Å². The quantitative estimate of drug-likeness (QED) is 0.881. The first kappa shape index (κ1) is 12.9. The van der Waals surface area contributed by atoms with Crippen molar-refractivity contribution in [2.24, 2.45) is 5.73 Å². The number of nitrogens with two attached hydrogens (primary N) is 1. The summed E-state index contributed by atoms with van der Waals surface area (Å²) in [6.45, 7) is 0. The molecule has 0 aliphatic carbocycles. The Morgan fingerprint density at radius 3 is 2.47 bits per heavy atom. The van der Waals surface area contributed by atoms with Crippen LogP contribution in [0, 0.1) is 11.3 Å². The molecule has 19 heavy (non-hydrogen) atoms. The largest absolute Gasteiger partial charge is 0.507 e. The van der Waals surface area contributed by atoms with E-state index in [-0.39, 0.29) is 21.9 Å². The molecule has 0 heterocycles. The number of carbonyl (C=O) groups excluding carboxylic acids is 1. The van der Waals surface area contributed by atoms with Crippen LogP contribution in [0.2, 0.25) is 5.02 Å². The zero-order chi connectivity index (χ0) is 14.0. The molecule has 0 spiro atoms. The molecule has 0 saturated carbocycles. The van der Waals surface area contributed by atoms with Gasteiger partial charge < -0.3 is 10.8 Å². The first-order valence-electron chi connectivity index (χ1n) is 5.36. The molecule has 0 unspecified atom stereocenters. The van der Waals surface area contributed by atoms with Crippen LogP contribution >= 0.6 is 11.6 Å². The Hall–Kier alpha value is -2.51. The van der Waals surface area contributed by atoms with Gasteiger partial charge in [-0.3, -0.25) is 4.79 Å². The van der Waals surface area contributed by atoms with Crippen molar-refractivity contribution in [1.82, 2.24) is 0 Å². The fourth-order valence-electron chi connectivity index (χ4n) is 1.70. The molecule has 0 aliphatic rings. The molecule has 1 amide bonds. The first-order chi connectivity index (χ1) is 9.02. The average molecular weight is 273 g/mol. The molecule has 0 radical (unpaired) electrons. The Labute approximate surface area is 114 Å². The fourth-order valence-corrected chi connectivity index (χ4v) is 1.91. The van der Waals surface area contributed by atoms with Crippen molar-refractivity contribution in [1.29, 1.82) is 5.26 Å². The molecule has 0 aliphatic heterocycles. The highest BCUT2D eigenvalue weighted by Crippen LogP contribution is 2.28. The number of rotatable bonds is 2. The summed E-state index contributed by atoms with van der Waals surface area (Å²) in [6, 6.07) is 11.3. The minimum atomic E-state index is -0.619. The van der Waals surface area contributed by atoms with Gasteiger partial charge >= 0.3 is 0 Å². The van der Waals surface area contributed by atoms with Crippen molar-refractivity contribution in [2.75, 3.05) is 0 Å². The lowest BCUT2D eigenvalue weighted by Gasteiger charge is -2.06. The summed E-state index contributed by atoms with van der Waals surface area (Å²) >= 11 is 5.87. The number of phenols is 1. The lowest BCUT2D eigenvalue weighted by Crippen LogP contribution is -2.11. The van der Waals surface area contributed by atoms with Crippen LogP contribution in [-0.2, 0) is 0 Å². The predicted molar refractivity (Wildman–Crippen MR) is 71.8 cm³/mol. The van der Waals surface area contributed by atoms with Crippen molar-refractivity contribution < 1.29 is 9.90 Å². The van der Waals surface area contributed by atoms with E-state index in [1.165, 1.54) is 12.1 Å². The minimum Gasteiger partial charge on any atom is -0.507 e. The molecule has 0 bridgehead atoms. The van der Waals surface area contributed by atoms with Gasteiger partial charge in [-0.25, -0.2) is 0 Å². The number of nitriles is 1. The number of aromatic hydroxyl groups is 1. The highest BCUT2D eigenvalue weighted by Gasteiger charge is 2.10. The lowest BCUT2D eigenvalue weighted by molar-refractivity contribution is 0.100. The minimum absolute atomic E-state index is 0.0876. The van der Waals surface area contributed by atoms with E-state index in [4.69, 9.17) is 22.6 Å². The maximum absolute atomic E-state index is 11.2. The monoisotopic (exact) mass is 272 g/mol. The predicted octanol–water partition coefficient (Wildman–Crippen LogP) is 2.68. The molecule has 2 aromatic rings. The van der Waals surface area contributed by atoms with Crippen molar-refractivity contribution >= 4 is 17.5 Å². The van der Waals surface area contributed by atoms with E-state index < -0.39 is 5.91 Å². The number of phenolic OH excluding ortho intramolecular Hbond substituents is 1. The molecule has 3 N–H and O–H groups in total. The first-order valence-corrected chi connectivity index (χ1v) is 5.73. The normalized spacial score (nSPS) is 9.89. The van der Waals surface area contributed by atoms with Crippen LogP contribution in [0.15, 0.2) is 36.4 Å². The van der Waals surface area contributed by atoms with Gasteiger partial charge in [0.15, 0.2) is 0 Å². The molecule has 2 aromatic carbocycles. The molecule has 4 nitrogen and oxygen atoms in total. The highest BCUT2D eigenvalue weighted by molar-refractivity contribution is 6.33. The van der Waals surface area contributed by atoms with Crippen LogP contribution in [0.4, 0.5) is 0 Å². The average Bonchev–Trinajstić information content (AvgIpc) is 2.39. The van der Waals surface area contributed by atoms with Gasteiger partial charge in [0.2, 0.25) is 5.91 Å². The zero-order valence-corrected chi connectivity index (χ0v) is 10.5. The summed E-state index contributed by atoms with van der Waals surface area (Å²) in [4.78, 5) is 11.2. The van der Waals surface area contributed by atoms with E-state index in [9.17, 15) is 9.90 Å². The van der Waals surface area contributed by atoms with E-state index in [1.807, 2.05) is 6.07 Å². The third-order valence-electron chi connectivity index (χ3n) is 2.68. The highest BCUT2D eigenvalue weighted by atomic mass is 35.5. The summed E-state index contributed by atoms with van der Waals surface area (Å²) in [6.07, 6.45) is 0. The Bertz CT molecular complexity index is 705.